The molecule has 0 aliphatic carbocycles. The Morgan fingerprint density at radius 3 is 2.13 bits per heavy atom. The number of nitrogens with two attached hydrogens (primary N) is 1. The SMILES string of the molecule is CN(CC(C)(C)CN)C(=O)C1CCN(C(=O)N2CCCC2)CC1. The maximum atomic E-state index is 12.6. The Morgan fingerprint density at radius 2 is 1.61 bits per heavy atom. The normalized spacial score (nSPS) is 20.0. The van der Waals surface area contributed by atoms with Crippen molar-refractivity contribution in [3.05, 3.63) is 0 Å². The Labute approximate surface area is 140 Å². The number of urea groups is 1. The van der Waals surface area contributed by atoms with Gasteiger partial charge < -0.3 is 20.4 Å². The summed E-state index contributed by atoms with van der Waals surface area (Å²) in [5.74, 6) is 0.232. The van der Waals surface area contributed by atoms with Crippen LogP contribution in [0, 0.1) is 11.3 Å². The number of carbonyl (C=O) groups is 2. The molecule has 2 N–H and O–H groups in total. The first-order valence-corrected chi connectivity index (χ1v) is 8.83. The van der Waals surface area contributed by atoms with Crippen LogP contribution in [0.15, 0.2) is 0 Å². The second-order valence-electron chi connectivity index (χ2n) is 7.80. The molecule has 0 spiro atoms. The highest BCUT2D eigenvalue weighted by atomic mass is 16.2. The fourth-order valence-corrected chi connectivity index (χ4v) is 3.52. The van der Waals surface area contributed by atoms with Crippen LogP contribution in [0.2, 0.25) is 0 Å². The molecule has 23 heavy (non-hydrogen) atoms. The zero-order valence-electron chi connectivity index (χ0n) is 14.9. The smallest absolute Gasteiger partial charge is 0.319 e. The Balaban J connectivity index is 1.81. The Kier molecular flexibility index (Phi) is 5.89. The third kappa shape index (κ3) is 4.59. The van der Waals surface area contributed by atoms with Crippen LogP contribution in [0.3, 0.4) is 0 Å². The van der Waals surface area contributed by atoms with Gasteiger partial charge in [-0.2, -0.15) is 0 Å². The highest BCUT2D eigenvalue weighted by Gasteiger charge is 2.32. The van der Waals surface area contributed by atoms with Crippen molar-refractivity contribution in [2.45, 2.75) is 39.5 Å². The van der Waals surface area contributed by atoms with Gasteiger partial charge in [-0.1, -0.05) is 13.8 Å². The highest BCUT2D eigenvalue weighted by Crippen LogP contribution is 2.23. The van der Waals surface area contributed by atoms with Crippen molar-refractivity contribution >= 4 is 11.9 Å². The molecule has 0 aromatic heterocycles. The summed E-state index contributed by atoms with van der Waals surface area (Å²) in [6.45, 7) is 8.55. The van der Waals surface area contributed by atoms with Gasteiger partial charge in [-0.25, -0.2) is 4.79 Å². The summed E-state index contributed by atoms with van der Waals surface area (Å²) >= 11 is 0. The number of likely N-dealkylation sites (tertiary alicyclic amines) is 2. The number of carbonyl (C=O) groups excluding carboxylic acids is 2. The zero-order valence-corrected chi connectivity index (χ0v) is 14.9. The molecule has 2 saturated heterocycles. The average molecular weight is 324 g/mol. The predicted octanol–water partition coefficient (Wildman–Crippen LogP) is 1.36. The van der Waals surface area contributed by atoms with Crippen molar-refractivity contribution in [2.24, 2.45) is 17.1 Å². The number of nitrogens with zero attached hydrogens (tertiary/aromatic N) is 3. The third-order valence-electron chi connectivity index (χ3n) is 5.09. The van der Waals surface area contributed by atoms with Crippen molar-refractivity contribution in [2.75, 3.05) is 46.3 Å². The first kappa shape index (κ1) is 18.0. The van der Waals surface area contributed by atoms with Gasteiger partial charge >= 0.3 is 6.03 Å². The maximum Gasteiger partial charge on any atom is 0.319 e. The minimum Gasteiger partial charge on any atom is -0.345 e. The van der Waals surface area contributed by atoms with Crippen LogP contribution in [-0.2, 0) is 4.79 Å². The fourth-order valence-electron chi connectivity index (χ4n) is 3.52. The Bertz CT molecular complexity index is 424. The Morgan fingerprint density at radius 1 is 1.09 bits per heavy atom. The molecule has 2 heterocycles. The maximum absolute atomic E-state index is 12.6. The highest BCUT2D eigenvalue weighted by molar-refractivity contribution is 5.79. The molecule has 0 bridgehead atoms. The van der Waals surface area contributed by atoms with E-state index in [9.17, 15) is 9.59 Å². The largest absolute Gasteiger partial charge is 0.345 e. The van der Waals surface area contributed by atoms with Crippen LogP contribution in [0.25, 0.3) is 0 Å². The van der Waals surface area contributed by atoms with Gasteiger partial charge in [-0.3, -0.25) is 4.79 Å². The summed E-state index contributed by atoms with van der Waals surface area (Å²) in [7, 11) is 1.86. The molecule has 132 valence electrons. The van der Waals surface area contributed by atoms with E-state index in [0.29, 0.717) is 26.2 Å². The molecule has 2 aliphatic heterocycles. The molecular formula is C17H32N4O2. The van der Waals surface area contributed by atoms with E-state index in [-0.39, 0.29) is 23.3 Å². The molecule has 0 atom stereocenters. The van der Waals surface area contributed by atoms with Gasteiger partial charge in [-0.15, -0.1) is 0 Å². The van der Waals surface area contributed by atoms with Crippen LogP contribution in [0.1, 0.15) is 39.5 Å². The fraction of sp³-hybridized carbons (Fsp3) is 0.882. The lowest BCUT2D eigenvalue weighted by molar-refractivity contribution is -0.136. The van der Waals surface area contributed by atoms with Crippen molar-refractivity contribution in [3.8, 4) is 0 Å². The first-order chi connectivity index (χ1) is 10.8. The standard InChI is InChI=1S/C17H32N4O2/c1-17(2,12-18)13-19(3)15(22)14-6-10-21(11-7-14)16(23)20-8-4-5-9-20/h14H,4-13,18H2,1-3H3. The van der Waals surface area contributed by atoms with E-state index in [0.717, 1.165) is 38.8 Å². The quantitative estimate of drug-likeness (QED) is 0.849. The molecule has 3 amide bonds. The predicted molar refractivity (Wildman–Crippen MR) is 91.0 cm³/mol. The molecule has 0 unspecified atom stereocenters. The van der Waals surface area contributed by atoms with Gasteiger partial charge in [0, 0.05) is 45.7 Å². The van der Waals surface area contributed by atoms with Crippen LogP contribution in [-0.4, -0.2) is 73.0 Å². The van der Waals surface area contributed by atoms with E-state index in [1.54, 1.807) is 0 Å². The van der Waals surface area contributed by atoms with E-state index < -0.39 is 0 Å². The summed E-state index contributed by atoms with van der Waals surface area (Å²) in [4.78, 5) is 30.6. The van der Waals surface area contributed by atoms with E-state index >= 15 is 0 Å². The first-order valence-electron chi connectivity index (χ1n) is 8.83. The minimum atomic E-state index is -0.0587. The number of amides is 3. The minimum absolute atomic E-state index is 0.0382. The number of rotatable bonds is 4. The number of hydrogen-bond acceptors (Lipinski definition) is 3. The lowest BCUT2D eigenvalue weighted by Crippen LogP contribution is -2.49. The molecule has 6 nitrogen and oxygen atoms in total. The second-order valence-corrected chi connectivity index (χ2v) is 7.80. The van der Waals surface area contributed by atoms with E-state index in [1.165, 1.54) is 0 Å². The average Bonchev–Trinajstić information content (AvgIpc) is 3.07. The lowest BCUT2D eigenvalue weighted by Gasteiger charge is -2.36. The van der Waals surface area contributed by atoms with Gasteiger partial charge in [0.25, 0.3) is 0 Å². The molecule has 0 radical (unpaired) electrons. The van der Waals surface area contributed by atoms with Crippen molar-refractivity contribution in [1.82, 2.24) is 14.7 Å². The van der Waals surface area contributed by atoms with Gasteiger partial charge in [-0.05, 0) is 37.6 Å². The Hall–Kier alpha value is -1.30. The summed E-state index contributed by atoms with van der Waals surface area (Å²) in [5.41, 5.74) is 5.70. The molecular weight excluding hydrogens is 292 g/mol. The zero-order chi connectivity index (χ0) is 17.0. The summed E-state index contributed by atoms with van der Waals surface area (Å²) in [5, 5.41) is 0. The molecule has 2 fully saturated rings. The molecule has 2 rings (SSSR count). The lowest BCUT2D eigenvalue weighted by atomic mass is 9.91. The van der Waals surface area contributed by atoms with Gasteiger partial charge in [0.2, 0.25) is 5.91 Å². The molecule has 0 aromatic carbocycles. The topological polar surface area (TPSA) is 69.9 Å². The second kappa shape index (κ2) is 7.51. The van der Waals surface area contributed by atoms with E-state index in [2.05, 4.69) is 13.8 Å². The van der Waals surface area contributed by atoms with Gasteiger partial charge in [0.05, 0.1) is 0 Å². The van der Waals surface area contributed by atoms with Crippen LogP contribution in [0.4, 0.5) is 4.79 Å². The summed E-state index contributed by atoms with van der Waals surface area (Å²) in [6.07, 6.45) is 3.77. The van der Waals surface area contributed by atoms with Crippen molar-refractivity contribution < 1.29 is 9.59 Å². The van der Waals surface area contributed by atoms with Crippen molar-refractivity contribution in [3.63, 3.8) is 0 Å². The monoisotopic (exact) mass is 324 g/mol. The molecule has 0 saturated carbocycles. The van der Waals surface area contributed by atoms with Crippen LogP contribution >= 0.6 is 0 Å². The van der Waals surface area contributed by atoms with E-state index in [1.807, 2.05) is 21.7 Å². The molecule has 0 aromatic rings. The van der Waals surface area contributed by atoms with Crippen LogP contribution in [0.5, 0.6) is 0 Å². The number of piperidine rings is 1. The van der Waals surface area contributed by atoms with Crippen LogP contribution < -0.4 is 5.73 Å². The number of hydrogen-bond donors (Lipinski definition) is 1. The summed E-state index contributed by atoms with van der Waals surface area (Å²) < 4.78 is 0. The van der Waals surface area contributed by atoms with Gasteiger partial charge in [0.15, 0.2) is 0 Å². The summed E-state index contributed by atoms with van der Waals surface area (Å²) in [6, 6.07) is 0.158. The van der Waals surface area contributed by atoms with Crippen molar-refractivity contribution in [1.29, 1.82) is 0 Å². The third-order valence-corrected chi connectivity index (χ3v) is 5.09. The van der Waals surface area contributed by atoms with E-state index in [4.69, 9.17) is 5.73 Å². The molecule has 6 heteroatoms. The molecule has 2 aliphatic rings. The van der Waals surface area contributed by atoms with Gasteiger partial charge in [0.1, 0.15) is 0 Å².